The SMILES string of the molecule is O=C(Nc1ncc2c(n1)CC(c1ccco1)CC2=O)c1ccc(F)cc1. The molecule has 2 heterocycles. The summed E-state index contributed by atoms with van der Waals surface area (Å²) in [6, 6.07) is 8.77. The van der Waals surface area contributed by atoms with Crippen molar-refractivity contribution in [3.8, 4) is 0 Å². The maximum atomic E-state index is 13.0. The minimum atomic E-state index is -0.449. The third-order valence-electron chi connectivity index (χ3n) is 4.32. The van der Waals surface area contributed by atoms with Crippen molar-refractivity contribution in [1.82, 2.24) is 9.97 Å². The van der Waals surface area contributed by atoms with Crippen molar-refractivity contribution in [2.24, 2.45) is 0 Å². The van der Waals surface area contributed by atoms with Gasteiger partial charge >= 0.3 is 0 Å². The number of furan rings is 1. The van der Waals surface area contributed by atoms with Gasteiger partial charge in [-0.05, 0) is 36.4 Å². The molecule has 1 aliphatic carbocycles. The van der Waals surface area contributed by atoms with Crippen LogP contribution in [0.1, 0.15) is 44.5 Å². The van der Waals surface area contributed by atoms with Gasteiger partial charge in [-0.15, -0.1) is 0 Å². The lowest BCUT2D eigenvalue weighted by Crippen LogP contribution is -2.22. The topological polar surface area (TPSA) is 85.1 Å². The first-order chi connectivity index (χ1) is 12.6. The number of carbonyl (C=O) groups is 2. The molecule has 130 valence electrons. The summed E-state index contributed by atoms with van der Waals surface area (Å²) < 4.78 is 18.4. The Bertz CT molecular complexity index is 968. The Morgan fingerprint density at radius 2 is 2.00 bits per heavy atom. The zero-order chi connectivity index (χ0) is 18.1. The number of nitrogens with zero attached hydrogens (tertiary/aromatic N) is 2. The van der Waals surface area contributed by atoms with E-state index in [-0.39, 0.29) is 23.2 Å². The van der Waals surface area contributed by atoms with E-state index in [4.69, 9.17) is 4.42 Å². The monoisotopic (exact) mass is 351 g/mol. The van der Waals surface area contributed by atoms with E-state index in [9.17, 15) is 14.0 Å². The molecular weight excluding hydrogens is 337 g/mol. The highest BCUT2D eigenvalue weighted by Gasteiger charge is 2.29. The number of nitrogens with one attached hydrogen (secondary N) is 1. The predicted octanol–water partition coefficient (Wildman–Crippen LogP) is 3.37. The number of benzene rings is 1. The second-order valence-corrected chi connectivity index (χ2v) is 6.06. The van der Waals surface area contributed by atoms with Crippen molar-refractivity contribution in [1.29, 1.82) is 0 Å². The van der Waals surface area contributed by atoms with Gasteiger partial charge in [0, 0.05) is 30.5 Å². The highest BCUT2D eigenvalue weighted by Crippen LogP contribution is 2.32. The fourth-order valence-corrected chi connectivity index (χ4v) is 3.00. The van der Waals surface area contributed by atoms with Gasteiger partial charge in [-0.25, -0.2) is 14.4 Å². The Hall–Kier alpha value is -3.35. The Balaban J connectivity index is 1.56. The number of halogens is 1. The largest absolute Gasteiger partial charge is 0.469 e. The first kappa shape index (κ1) is 16.1. The first-order valence-corrected chi connectivity index (χ1v) is 8.09. The Kier molecular flexibility index (Phi) is 4.04. The molecule has 0 aliphatic heterocycles. The van der Waals surface area contributed by atoms with E-state index in [0.717, 1.165) is 5.76 Å². The molecule has 1 aromatic carbocycles. The normalized spacial score (nSPS) is 16.2. The maximum absolute atomic E-state index is 13.0. The van der Waals surface area contributed by atoms with Gasteiger partial charge in [0.15, 0.2) is 5.78 Å². The summed E-state index contributed by atoms with van der Waals surface area (Å²) in [5, 5.41) is 2.57. The van der Waals surface area contributed by atoms with Gasteiger partial charge < -0.3 is 4.42 Å². The lowest BCUT2D eigenvalue weighted by molar-refractivity contribution is 0.0958. The molecule has 4 rings (SSSR count). The summed E-state index contributed by atoms with van der Waals surface area (Å²) in [6.45, 7) is 0. The van der Waals surface area contributed by atoms with Crippen LogP contribution in [0.5, 0.6) is 0 Å². The van der Waals surface area contributed by atoms with Crippen molar-refractivity contribution in [3.63, 3.8) is 0 Å². The minimum Gasteiger partial charge on any atom is -0.469 e. The van der Waals surface area contributed by atoms with Crippen LogP contribution in [0.15, 0.2) is 53.3 Å². The number of carbonyl (C=O) groups excluding carboxylic acids is 2. The van der Waals surface area contributed by atoms with Crippen LogP contribution in [0.2, 0.25) is 0 Å². The number of ketones is 1. The molecule has 0 bridgehead atoms. The summed E-state index contributed by atoms with van der Waals surface area (Å²) in [7, 11) is 0. The van der Waals surface area contributed by atoms with Crippen LogP contribution in [0.4, 0.5) is 10.3 Å². The van der Waals surface area contributed by atoms with Crippen molar-refractivity contribution < 1.29 is 18.4 Å². The van der Waals surface area contributed by atoms with Gasteiger partial charge in [0.05, 0.1) is 17.5 Å². The van der Waals surface area contributed by atoms with E-state index in [2.05, 4.69) is 15.3 Å². The number of hydrogen-bond acceptors (Lipinski definition) is 5. The molecule has 0 spiro atoms. The molecule has 1 unspecified atom stereocenters. The van der Waals surface area contributed by atoms with Crippen LogP contribution in [0.3, 0.4) is 0 Å². The zero-order valence-corrected chi connectivity index (χ0v) is 13.6. The molecule has 1 atom stereocenters. The maximum Gasteiger partial charge on any atom is 0.258 e. The number of amides is 1. The Morgan fingerprint density at radius 3 is 2.73 bits per heavy atom. The first-order valence-electron chi connectivity index (χ1n) is 8.09. The molecule has 1 aliphatic rings. The second-order valence-electron chi connectivity index (χ2n) is 6.06. The van der Waals surface area contributed by atoms with E-state index in [1.165, 1.54) is 30.5 Å². The fourth-order valence-electron chi connectivity index (χ4n) is 3.00. The highest BCUT2D eigenvalue weighted by molar-refractivity contribution is 6.03. The predicted molar refractivity (Wildman–Crippen MR) is 90.5 cm³/mol. The van der Waals surface area contributed by atoms with Crippen LogP contribution in [-0.4, -0.2) is 21.7 Å². The summed E-state index contributed by atoms with van der Waals surface area (Å²) in [5.41, 5.74) is 1.33. The van der Waals surface area contributed by atoms with Gasteiger partial charge in [0.25, 0.3) is 5.91 Å². The smallest absolute Gasteiger partial charge is 0.258 e. The summed E-state index contributed by atoms with van der Waals surface area (Å²) in [6.07, 6.45) is 3.87. The molecule has 3 aromatic rings. The van der Waals surface area contributed by atoms with Crippen molar-refractivity contribution in [2.75, 3.05) is 5.32 Å². The van der Waals surface area contributed by atoms with Gasteiger partial charge in [-0.2, -0.15) is 0 Å². The van der Waals surface area contributed by atoms with E-state index in [1.807, 2.05) is 6.07 Å². The van der Waals surface area contributed by atoms with Crippen LogP contribution >= 0.6 is 0 Å². The molecule has 1 amide bonds. The summed E-state index contributed by atoms with van der Waals surface area (Å²) in [5.74, 6) is -0.168. The molecular formula is C19H14FN3O3. The molecule has 2 aromatic heterocycles. The molecule has 26 heavy (non-hydrogen) atoms. The lowest BCUT2D eigenvalue weighted by atomic mass is 9.85. The standard InChI is InChI=1S/C19H14FN3O3/c20-13-5-3-11(4-6-13)18(25)23-19-21-10-14-15(22-19)8-12(9-16(14)24)17-2-1-7-26-17/h1-7,10,12H,8-9H2,(H,21,22,23,25). The lowest BCUT2D eigenvalue weighted by Gasteiger charge is -2.21. The fraction of sp³-hybridized carbons (Fsp3) is 0.158. The minimum absolute atomic E-state index is 0.0518. The van der Waals surface area contributed by atoms with Crippen LogP contribution < -0.4 is 5.32 Å². The van der Waals surface area contributed by atoms with E-state index >= 15 is 0 Å². The number of fused-ring (bicyclic) bond motifs is 1. The Morgan fingerprint density at radius 1 is 1.19 bits per heavy atom. The van der Waals surface area contributed by atoms with Crippen LogP contribution in [0, 0.1) is 5.82 Å². The average Bonchev–Trinajstić information content (AvgIpc) is 3.16. The molecule has 6 nitrogen and oxygen atoms in total. The molecule has 0 radical (unpaired) electrons. The molecule has 0 fully saturated rings. The average molecular weight is 351 g/mol. The number of anilines is 1. The summed E-state index contributed by atoms with van der Waals surface area (Å²) in [4.78, 5) is 32.9. The van der Waals surface area contributed by atoms with Gasteiger partial charge in [-0.3, -0.25) is 14.9 Å². The number of Topliss-reactive ketones (excluding diaryl/α,β-unsaturated/α-hetero) is 1. The molecule has 1 N–H and O–H groups in total. The Labute approximate surface area is 148 Å². The molecule has 0 saturated heterocycles. The third-order valence-corrected chi connectivity index (χ3v) is 4.32. The van der Waals surface area contributed by atoms with Gasteiger partial charge in [0.2, 0.25) is 5.95 Å². The van der Waals surface area contributed by atoms with Crippen LogP contribution in [-0.2, 0) is 6.42 Å². The number of hydrogen-bond donors (Lipinski definition) is 1. The van der Waals surface area contributed by atoms with E-state index in [1.54, 1.807) is 12.3 Å². The van der Waals surface area contributed by atoms with Gasteiger partial charge in [-0.1, -0.05) is 0 Å². The zero-order valence-electron chi connectivity index (χ0n) is 13.6. The molecule has 7 heteroatoms. The second kappa shape index (κ2) is 6.51. The quantitative estimate of drug-likeness (QED) is 0.782. The van der Waals surface area contributed by atoms with E-state index in [0.29, 0.717) is 24.1 Å². The van der Waals surface area contributed by atoms with Gasteiger partial charge in [0.1, 0.15) is 11.6 Å². The van der Waals surface area contributed by atoms with Crippen molar-refractivity contribution in [2.45, 2.75) is 18.8 Å². The van der Waals surface area contributed by atoms with Crippen LogP contribution in [0.25, 0.3) is 0 Å². The number of rotatable bonds is 3. The van der Waals surface area contributed by atoms with Crippen molar-refractivity contribution in [3.05, 3.63) is 77.3 Å². The summed E-state index contributed by atoms with van der Waals surface area (Å²) >= 11 is 0. The van der Waals surface area contributed by atoms with Crippen molar-refractivity contribution >= 4 is 17.6 Å². The third kappa shape index (κ3) is 3.11. The van der Waals surface area contributed by atoms with E-state index < -0.39 is 11.7 Å². The highest BCUT2D eigenvalue weighted by atomic mass is 19.1. The molecule has 0 saturated carbocycles. The number of aromatic nitrogens is 2.